The van der Waals surface area contributed by atoms with Crippen molar-refractivity contribution in [1.29, 1.82) is 0 Å². The molecule has 0 spiro atoms. The molecule has 2 aromatic carbocycles. The first-order chi connectivity index (χ1) is 13.0. The first-order valence-electron chi connectivity index (χ1n) is 7.91. The van der Waals surface area contributed by atoms with Crippen molar-refractivity contribution in [2.75, 3.05) is 13.7 Å². The van der Waals surface area contributed by atoms with E-state index in [0.29, 0.717) is 27.6 Å². The Hall–Kier alpha value is -3.12. The molecular formula is C20H15ClFNO4. The van der Waals surface area contributed by atoms with Gasteiger partial charge < -0.3 is 14.2 Å². The van der Waals surface area contributed by atoms with Crippen LogP contribution in [0.3, 0.4) is 0 Å². The normalized spacial score (nSPS) is 14.7. The highest BCUT2D eigenvalue weighted by molar-refractivity contribution is 6.32. The van der Waals surface area contributed by atoms with E-state index in [4.69, 9.17) is 25.8 Å². The minimum atomic E-state index is -0.614. The van der Waals surface area contributed by atoms with Crippen LogP contribution in [0.15, 0.2) is 59.7 Å². The molecule has 2 aromatic rings. The summed E-state index contributed by atoms with van der Waals surface area (Å²) in [5.41, 5.74) is 1.17. The molecular weight excluding hydrogens is 373 g/mol. The van der Waals surface area contributed by atoms with Gasteiger partial charge in [-0.05, 0) is 48.0 Å². The molecule has 0 atom stereocenters. The second kappa shape index (κ2) is 8.05. The molecule has 0 aliphatic carbocycles. The smallest absolute Gasteiger partial charge is 0.363 e. The van der Waals surface area contributed by atoms with Gasteiger partial charge in [-0.15, -0.1) is 0 Å². The van der Waals surface area contributed by atoms with Crippen molar-refractivity contribution in [1.82, 2.24) is 0 Å². The number of halogens is 2. The third kappa shape index (κ3) is 4.17. The monoisotopic (exact) mass is 387 g/mol. The lowest BCUT2D eigenvalue weighted by molar-refractivity contribution is -0.129. The second-order valence-corrected chi connectivity index (χ2v) is 5.88. The lowest BCUT2D eigenvalue weighted by Gasteiger charge is -2.12. The van der Waals surface area contributed by atoms with Crippen molar-refractivity contribution < 1.29 is 23.4 Å². The average molecular weight is 388 g/mol. The fourth-order valence-electron chi connectivity index (χ4n) is 2.39. The Morgan fingerprint density at radius 3 is 2.70 bits per heavy atom. The Balaban J connectivity index is 1.93. The summed E-state index contributed by atoms with van der Waals surface area (Å²) >= 11 is 6.25. The zero-order valence-electron chi connectivity index (χ0n) is 14.4. The predicted molar refractivity (Wildman–Crippen MR) is 101 cm³/mol. The van der Waals surface area contributed by atoms with Crippen molar-refractivity contribution in [2.45, 2.75) is 0 Å². The predicted octanol–water partition coefficient (Wildman–Crippen LogP) is 4.40. The van der Waals surface area contributed by atoms with Crippen LogP contribution in [0.5, 0.6) is 11.5 Å². The molecule has 0 N–H and O–H groups in total. The summed E-state index contributed by atoms with van der Waals surface area (Å²) in [6.45, 7) is 3.86. The van der Waals surface area contributed by atoms with Gasteiger partial charge >= 0.3 is 5.97 Å². The van der Waals surface area contributed by atoms with Gasteiger partial charge in [0, 0.05) is 5.56 Å². The minimum Gasteiger partial charge on any atom is -0.493 e. The number of aliphatic imine (C=N–C) groups is 1. The molecule has 0 fully saturated rings. The van der Waals surface area contributed by atoms with Crippen LogP contribution in [0.1, 0.15) is 11.1 Å². The van der Waals surface area contributed by atoms with E-state index in [1.54, 1.807) is 18.2 Å². The number of hydrogen-bond acceptors (Lipinski definition) is 5. The quantitative estimate of drug-likeness (QED) is 0.419. The van der Waals surface area contributed by atoms with E-state index < -0.39 is 5.97 Å². The fraction of sp³-hybridized carbons (Fsp3) is 0.100. The van der Waals surface area contributed by atoms with Gasteiger partial charge in [0.05, 0.1) is 12.1 Å². The van der Waals surface area contributed by atoms with E-state index in [1.165, 1.54) is 37.5 Å². The number of cyclic esters (lactones) is 1. The molecule has 7 heteroatoms. The number of methoxy groups -OCH3 is 1. The Morgan fingerprint density at radius 2 is 2.04 bits per heavy atom. The van der Waals surface area contributed by atoms with E-state index in [1.807, 2.05) is 0 Å². The van der Waals surface area contributed by atoms with Gasteiger partial charge in [-0.3, -0.25) is 0 Å². The Labute approximate surface area is 160 Å². The first kappa shape index (κ1) is 18.7. The summed E-state index contributed by atoms with van der Waals surface area (Å²) < 4.78 is 29.0. The maximum absolute atomic E-state index is 13.0. The zero-order chi connectivity index (χ0) is 19.4. The van der Waals surface area contributed by atoms with Crippen LogP contribution >= 0.6 is 11.6 Å². The molecule has 0 radical (unpaired) electrons. The second-order valence-electron chi connectivity index (χ2n) is 5.48. The fourth-order valence-corrected chi connectivity index (χ4v) is 2.66. The lowest BCUT2D eigenvalue weighted by Crippen LogP contribution is -2.05. The van der Waals surface area contributed by atoms with E-state index >= 15 is 0 Å². The third-order valence-electron chi connectivity index (χ3n) is 3.61. The van der Waals surface area contributed by atoms with Crippen LogP contribution in [0.25, 0.3) is 6.08 Å². The van der Waals surface area contributed by atoms with Crippen LogP contribution in [0.4, 0.5) is 4.39 Å². The van der Waals surface area contributed by atoms with Gasteiger partial charge in [-0.25, -0.2) is 14.2 Å². The number of benzene rings is 2. The molecule has 138 valence electrons. The van der Waals surface area contributed by atoms with Gasteiger partial charge in [0.2, 0.25) is 5.90 Å². The molecule has 0 saturated carbocycles. The third-order valence-corrected chi connectivity index (χ3v) is 3.89. The number of ether oxygens (including phenoxy) is 3. The molecule has 1 aliphatic rings. The van der Waals surface area contributed by atoms with Crippen molar-refractivity contribution in [3.63, 3.8) is 0 Å². The van der Waals surface area contributed by atoms with Crippen molar-refractivity contribution >= 4 is 29.5 Å². The Morgan fingerprint density at radius 1 is 1.30 bits per heavy atom. The summed E-state index contributed by atoms with van der Waals surface area (Å²) in [6.07, 6.45) is 3.11. The summed E-state index contributed by atoms with van der Waals surface area (Å²) in [5, 5.41) is 0.317. The van der Waals surface area contributed by atoms with E-state index in [2.05, 4.69) is 11.6 Å². The van der Waals surface area contributed by atoms with Crippen LogP contribution in [-0.2, 0) is 9.53 Å². The van der Waals surface area contributed by atoms with Crippen LogP contribution < -0.4 is 9.47 Å². The highest BCUT2D eigenvalue weighted by Crippen LogP contribution is 2.37. The summed E-state index contributed by atoms with van der Waals surface area (Å²) in [4.78, 5) is 16.3. The van der Waals surface area contributed by atoms with Gasteiger partial charge in [-0.1, -0.05) is 24.3 Å². The molecule has 0 amide bonds. The molecule has 3 rings (SSSR count). The average Bonchev–Trinajstić information content (AvgIpc) is 3.01. The molecule has 0 unspecified atom stereocenters. The van der Waals surface area contributed by atoms with E-state index in [0.717, 1.165) is 0 Å². The molecule has 0 aromatic heterocycles. The number of esters is 1. The maximum atomic E-state index is 13.0. The highest BCUT2D eigenvalue weighted by Gasteiger charge is 2.24. The summed E-state index contributed by atoms with van der Waals surface area (Å²) in [5.74, 6) is -0.109. The number of carbonyl (C=O) groups excluding carboxylic acids is 1. The van der Waals surface area contributed by atoms with Gasteiger partial charge in [0.25, 0.3) is 0 Å². The van der Waals surface area contributed by atoms with E-state index in [-0.39, 0.29) is 24.0 Å². The van der Waals surface area contributed by atoms with Gasteiger partial charge in [-0.2, -0.15) is 0 Å². The molecule has 5 nitrogen and oxygen atoms in total. The van der Waals surface area contributed by atoms with Gasteiger partial charge in [0.1, 0.15) is 12.4 Å². The Bertz CT molecular complexity index is 951. The number of hydrogen-bond donors (Lipinski definition) is 0. The molecule has 0 bridgehead atoms. The van der Waals surface area contributed by atoms with Crippen LogP contribution in [0.2, 0.25) is 5.02 Å². The molecule has 1 heterocycles. The minimum absolute atomic E-state index is 0.0900. The molecule has 27 heavy (non-hydrogen) atoms. The van der Waals surface area contributed by atoms with Crippen LogP contribution in [-0.4, -0.2) is 25.6 Å². The molecule has 1 aliphatic heterocycles. The number of nitrogens with zero attached hydrogens (tertiary/aromatic N) is 1. The van der Waals surface area contributed by atoms with E-state index in [9.17, 15) is 9.18 Å². The van der Waals surface area contributed by atoms with Crippen molar-refractivity contribution in [3.8, 4) is 11.5 Å². The highest BCUT2D eigenvalue weighted by atomic mass is 35.5. The SMILES string of the molecule is C=CCOc1c(Cl)cc(C=C2N=C(c3ccc(F)cc3)OC2=O)cc1OC. The van der Waals surface area contributed by atoms with Crippen molar-refractivity contribution in [2.24, 2.45) is 4.99 Å². The van der Waals surface area contributed by atoms with Crippen molar-refractivity contribution in [3.05, 3.63) is 76.7 Å². The topological polar surface area (TPSA) is 57.1 Å². The largest absolute Gasteiger partial charge is 0.493 e. The lowest BCUT2D eigenvalue weighted by atomic mass is 10.1. The standard InChI is InChI=1S/C20H15ClFNO4/c1-3-8-26-18-15(21)9-12(11-17(18)25-2)10-16-20(24)27-19(23-16)13-4-6-14(22)7-5-13/h3-7,9-11H,1,8H2,2H3. The van der Waals surface area contributed by atoms with Crippen LogP contribution in [0, 0.1) is 5.82 Å². The first-order valence-corrected chi connectivity index (χ1v) is 8.29. The molecule has 0 saturated heterocycles. The zero-order valence-corrected chi connectivity index (χ0v) is 15.1. The number of carbonyl (C=O) groups is 1. The Kier molecular flexibility index (Phi) is 5.57. The summed E-state index contributed by atoms with van der Waals surface area (Å²) in [6, 6.07) is 8.77. The summed E-state index contributed by atoms with van der Waals surface area (Å²) in [7, 11) is 1.48. The maximum Gasteiger partial charge on any atom is 0.363 e. The number of rotatable bonds is 6. The van der Waals surface area contributed by atoms with Gasteiger partial charge in [0.15, 0.2) is 17.2 Å².